The molecule has 0 amide bonds. The molecule has 0 heterocycles. The second-order valence-electron chi connectivity index (χ2n) is 10.9. The van der Waals surface area contributed by atoms with Crippen LogP contribution < -0.4 is 0 Å². The number of alkyl halides is 1. The Hall–Kier alpha value is 0.470. The van der Waals surface area contributed by atoms with Crippen molar-refractivity contribution in [3.63, 3.8) is 0 Å². The summed E-state index contributed by atoms with van der Waals surface area (Å²) in [5.74, 6) is 4.85. The summed E-state index contributed by atoms with van der Waals surface area (Å²) in [6.07, 6.45) is 20.3. The molecular weight excluding hydrogens is 439 g/mol. The highest BCUT2D eigenvalue weighted by Gasteiger charge is 2.71. The van der Waals surface area contributed by atoms with Crippen molar-refractivity contribution in [2.75, 3.05) is 0 Å². The van der Waals surface area contributed by atoms with Crippen LogP contribution in [0, 0.1) is 40.4 Å². The lowest BCUT2D eigenvalue weighted by atomic mass is 9.45. The van der Waals surface area contributed by atoms with Gasteiger partial charge in [0.2, 0.25) is 0 Å². The first-order valence-corrected chi connectivity index (χ1v) is 13.5. The fraction of sp³-hybridized carbons (Fsp3) is 0.923. The molecule has 0 aliphatic heterocycles. The third-order valence-electron chi connectivity index (χ3n) is 10.00. The second-order valence-corrected chi connectivity index (χ2v) is 12.3. The van der Waals surface area contributed by atoms with Gasteiger partial charge in [-0.15, -0.1) is 0 Å². The van der Waals surface area contributed by atoms with Crippen LogP contribution >= 0.6 is 22.6 Å². The van der Waals surface area contributed by atoms with E-state index < -0.39 is 0 Å². The Balaban J connectivity index is 1.85. The first-order valence-electron chi connectivity index (χ1n) is 12.3. The average molecular weight is 483 g/mol. The van der Waals surface area contributed by atoms with Gasteiger partial charge in [0.25, 0.3) is 0 Å². The van der Waals surface area contributed by atoms with E-state index in [4.69, 9.17) is 0 Å². The Morgan fingerprint density at radius 3 is 2.48 bits per heavy atom. The lowest BCUT2D eigenvalue weighted by molar-refractivity contribution is -0.110. The Labute approximate surface area is 182 Å². The number of fused-ring (bicyclic) bond motifs is 1. The minimum Gasteiger partial charge on any atom is -0.0856 e. The second kappa shape index (κ2) is 7.95. The molecule has 0 radical (unpaired) electrons. The maximum Gasteiger partial charge on any atom is 0.0175 e. The van der Waals surface area contributed by atoms with Gasteiger partial charge in [-0.3, -0.25) is 0 Å². The maximum absolute atomic E-state index is 2.94. The third kappa shape index (κ3) is 3.10. The van der Waals surface area contributed by atoms with Crippen LogP contribution in [0.3, 0.4) is 0 Å². The van der Waals surface area contributed by atoms with E-state index in [2.05, 4.69) is 56.4 Å². The van der Waals surface area contributed by atoms with Gasteiger partial charge in [0.15, 0.2) is 0 Å². The highest BCUT2D eigenvalue weighted by Crippen LogP contribution is 2.77. The highest BCUT2D eigenvalue weighted by atomic mass is 127. The van der Waals surface area contributed by atoms with Gasteiger partial charge in [0.1, 0.15) is 0 Å². The normalized spacial score (nSPS) is 50.9. The number of allylic oxidation sites excluding steroid dienone is 2. The first-order chi connectivity index (χ1) is 13.0. The molecule has 0 saturated heterocycles. The van der Waals surface area contributed by atoms with Crippen LogP contribution in [0.5, 0.6) is 0 Å². The van der Waals surface area contributed by atoms with Crippen molar-refractivity contribution in [3.8, 4) is 0 Å². The topological polar surface area (TPSA) is 0 Å². The van der Waals surface area contributed by atoms with Crippen LogP contribution in [-0.4, -0.2) is 3.92 Å². The largest absolute Gasteiger partial charge is 0.0856 e. The molecule has 7 atom stereocenters. The lowest BCUT2D eigenvalue weighted by Crippen LogP contribution is -2.53. The van der Waals surface area contributed by atoms with Gasteiger partial charge in [-0.25, -0.2) is 0 Å². The van der Waals surface area contributed by atoms with Crippen molar-refractivity contribution < 1.29 is 0 Å². The molecule has 4 unspecified atom stereocenters. The minimum atomic E-state index is 0.648. The summed E-state index contributed by atoms with van der Waals surface area (Å²) < 4.78 is 0.894. The summed E-state index contributed by atoms with van der Waals surface area (Å²) in [7, 11) is 0. The predicted octanol–water partition coefficient (Wildman–Crippen LogP) is 8.59. The van der Waals surface area contributed by atoms with Crippen LogP contribution in [0.4, 0.5) is 0 Å². The molecule has 1 spiro atoms. The van der Waals surface area contributed by atoms with Crippen molar-refractivity contribution >= 4 is 22.6 Å². The Morgan fingerprint density at radius 2 is 1.78 bits per heavy atom. The van der Waals surface area contributed by atoms with Crippen molar-refractivity contribution in [3.05, 3.63) is 11.6 Å². The van der Waals surface area contributed by atoms with Gasteiger partial charge in [0, 0.05) is 3.92 Å². The number of halogens is 1. The van der Waals surface area contributed by atoms with Gasteiger partial charge in [0.05, 0.1) is 0 Å². The summed E-state index contributed by atoms with van der Waals surface area (Å²) in [5.41, 5.74) is 2.97. The molecule has 0 aromatic rings. The molecule has 3 saturated carbocycles. The van der Waals surface area contributed by atoms with Gasteiger partial charge in [-0.05, 0) is 105 Å². The van der Waals surface area contributed by atoms with Gasteiger partial charge < -0.3 is 0 Å². The van der Waals surface area contributed by atoms with E-state index in [-0.39, 0.29) is 0 Å². The predicted molar refractivity (Wildman–Crippen MR) is 126 cm³/mol. The quantitative estimate of drug-likeness (QED) is 0.210. The van der Waals surface area contributed by atoms with Gasteiger partial charge in [-0.2, -0.15) is 0 Å². The highest BCUT2D eigenvalue weighted by molar-refractivity contribution is 14.1. The summed E-state index contributed by atoms with van der Waals surface area (Å²) in [5, 5.41) is 0. The standard InChI is InChI=1S/C26H43I/c1-5-25(21-15-16-21)23-14-9-11-18(2)10-8-12-19(3)22-13-6-7-17-26(22,25)20(4)24(23)27/h11,19-24H,5-10,12-17H2,1-4H3/b18-11+/t19-,20?,22+,23?,24?,25?,26+/m0/s1. The fourth-order valence-corrected chi connectivity index (χ4v) is 10.6. The molecule has 0 N–H and O–H groups in total. The van der Waals surface area contributed by atoms with E-state index in [1.54, 1.807) is 12.0 Å². The van der Waals surface area contributed by atoms with Gasteiger partial charge in [-0.1, -0.05) is 74.3 Å². The first kappa shape index (κ1) is 20.7. The molecule has 0 nitrogen and oxygen atoms in total. The van der Waals surface area contributed by atoms with Crippen LogP contribution in [0.2, 0.25) is 0 Å². The van der Waals surface area contributed by atoms with Crippen molar-refractivity contribution in [2.45, 2.75) is 109 Å². The molecular formula is C26H43I. The summed E-state index contributed by atoms with van der Waals surface area (Å²) in [6.45, 7) is 10.3. The molecule has 4 rings (SSSR count). The minimum absolute atomic E-state index is 0.648. The summed E-state index contributed by atoms with van der Waals surface area (Å²) in [4.78, 5) is 0. The summed E-state index contributed by atoms with van der Waals surface area (Å²) in [6, 6.07) is 0. The number of rotatable bonds is 2. The zero-order chi connectivity index (χ0) is 19.2. The Bertz CT molecular complexity index is 561. The number of hydrogen-bond acceptors (Lipinski definition) is 0. The van der Waals surface area contributed by atoms with Crippen LogP contribution in [0.15, 0.2) is 11.6 Å². The zero-order valence-corrected chi connectivity index (χ0v) is 20.6. The molecule has 4 aliphatic carbocycles. The molecule has 0 aromatic carbocycles. The van der Waals surface area contributed by atoms with Gasteiger partial charge >= 0.3 is 0 Å². The SMILES string of the molecule is CCC1(C2CC2)C2CC/C=C(\C)CCC[C@H](C)[C@H]3CCCC[C@@]31C(C)C2I. The smallest absolute Gasteiger partial charge is 0.0175 e. The van der Waals surface area contributed by atoms with E-state index in [9.17, 15) is 0 Å². The number of hydrogen-bond donors (Lipinski definition) is 0. The molecule has 3 fully saturated rings. The van der Waals surface area contributed by atoms with E-state index in [0.717, 1.165) is 33.5 Å². The average Bonchev–Trinajstić information content (AvgIpc) is 3.48. The van der Waals surface area contributed by atoms with E-state index in [1.165, 1.54) is 70.6 Å². The van der Waals surface area contributed by atoms with E-state index in [1.807, 2.05) is 0 Å². The van der Waals surface area contributed by atoms with Crippen LogP contribution in [0.25, 0.3) is 0 Å². The molecule has 4 aliphatic rings. The fourth-order valence-electron chi connectivity index (χ4n) is 8.94. The summed E-state index contributed by atoms with van der Waals surface area (Å²) >= 11 is 2.94. The van der Waals surface area contributed by atoms with Crippen molar-refractivity contribution in [1.29, 1.82) is 0 Å². The third-order valence-corrected chi connectivity index (χ3v) is 11.9. The molecule has 154 valence electrons. The molecule has 2 bridgehead atoms. The zero-order valence-electron chi connectivity index (χ0n) is 18.4. The van der Waals surface area contributed by atoms with Crippen LogP contribution in [0.1, 0.15) is 105 Å². The lowest BCUT2D eigenvalue weighted by Gasteiger charge is -2.59. The van der Waals surface area contributed by atoms with Crippen molar-refractivity contribution in [1.82, 2.24) is 0 Å². The maximum atomic E-state index is 2.94. The Kier molecular flexibility index (Phi) is 6.11. The Morgan fingerprint density at radius 1 is 1.00 bits per heavy atom. The van der Waals surface area contributed by atoms with Crippen molar-refractivity contribution in [2.24, 2.45) is 40.4 Å². The molecule has 1 heteroatoms. The molecule has 27 heavy (non-hydrogen) atoms. The van der Waals surface area contributed by atoms with E-state index in [0.29, 0.717) is 10.8 Å². The monoisotopic (exact) mass is 482 g/mol. The molecule has 0 aromatic heterocycles. The van der Waals surface area contributed by atoms with Crippen LogP contribution in [-0.2, 0) is 0 Å². The van der Waals surface area contributed by atoms with E-state index >= 15 is 0 Å².